The summed E-state index contributed by atoms with van der Waals surface area (Å²) in [5.41, 5.74) is 2.41. The Kier molecular flexibility index (Phi) is 4.15. The number of benzene rings is 1. The second-order valence-electron chi connectivity index (χ2n) is 3.33. The number of hydrogen-bond donors (Lipinski definition) is 1. The maximum atomic E-state index is 8.95. The Balaban J connectivity index is 2.79. The number of nitrogens with one attached hydrogen (secondary N) is 1. The molecule has 1 atom stereocenters. The van der Waals surface area contributed by atoms with Gasteiger partial charge >= 0.3 is 0 Å². The van der Waals surface area contributed by atoms with Gasteiger partial charge in [-0.1, -0.05) is 31.2 Å². The Labute approximate surface area is 85.6 Å². The van der Waals surface area contributed by atoms with Crippen LogP contribution in [-0.4, -0.2) is 13.6 Å². The molecule has 1 aromatic rings. The van der Waals surface area contributed by atoms with E-state index in [-0.39, 0.29) is 5.92 Å². The standard InChI is InChI=1S/C12H16N2/c1-3-10-4-6-11(7-5-10)12(8-13)9-14-2/h4-7,12,14H,3,9H2,1-2H3. The van der Waals surface area contributed by atoms with Gasteiger partial charge in [-0.3, -0.25) is 0 Å². The average Bonchev–Trinajstić information content (AvgIpc) is 2.26. The monoisotopic (exact) mass is 188 g/mol. The van der Waals surface area contributed by atoms with Crippen molar-refractivity contribution < 1.29 is 0 Å². The minimum atomic E-state index is -0.0362. The van der Waals surface area contributed by atoms with E-state index < -0.39 is 0 Å². The molecule has 2 heteroatoms. The molecular weight excluding hydrogens is 172 g/mol. The normalized spacial score (nSPS) is 12.1. The SMILES string of the molecule is CCc1ccc(C(C#N)CNC)cc1. The molecule has 1 aromatic carbocycles. The van der Waals surface area contributed by atoms with Crippen molar-refractivity contribution in [1.82, 2.24) is 5.32 Å². The van der Waals surface area contributed by atoms with Crippen LogP contribution in [0.15, 0.2) is 24.3 Å². The summed E-state index contributed by atoms with van der Waals surface area (Å²) in [5.74, 6) is -0.0362. The Bertz CT molecular complexity index is 308. The van der Waals surface area contributed by atoms with E-state index >= 15 is 0 Å². The first-order valence-electron chi connectivity index (χ1n) is 4.94. The molecule has 0 radical (unpaired) electrons. The molecule has 74 valence electrons. The maximum Gasteiger partial charge on any atom is 0.0837 e. The summed E-state index contributed by atoms with van der Waals surface area (Å²) < 4.78 is 0. The fourth-order valence-electron chi connectivity index (χ4n) is 1.43. The molecule has 0 aliphatic heterocycles. The van der Waals surface area contributed by atoms with E-state index in [0.717, 1.165) is 12.0 Å². The van der Waals surface area contributed by atoms with Crippen LogP contribution in [0.4, 0.5) is 0 Å². The van der Waals surface area contributed by atoms with Crippen molar-refractivity contribution >= 4 is 0 Å². The predicted molar refractivity (Wildman–Crippen MR) is 58.1 cm³/mol. The van der Waals surface area contributed by atoms with Gasteiger partial charge in [-0.25, -0.2) is 0 Å². The van der Waals surface area contributed by atoms with E-state index in [4.69, 9.17) is 5.26 Å². The summed E-state index contributed by atoms with van der Waals surface area (Å²) >= 11 is 0. The molecule has 0 spiro atoms. The zero-order chi connectivity index (χ0) is 10.4. The molecule has 14 heavy (non-hydrogen) atoms. The zero-order valence-corrected chi connectivity index (χ0v) is 8.75. The van der Waals surface area contributed by atoms with E-state index in [1.807, 2.05) is 19.2 Å². The largest absolute Gasteiger partial charge is 0.318 e. The van der Waals surface area contributed by atoms with E-state index in [9.17, 15) is 0 Å². The summed E-state index contributed by atoms with van der Waals surface area (Å²) in [6.45, 7) is 2.84. The van der Waals surface area contributed by atoms with Crippen LogP contribution in [0.2, 0.25) is 0 Å². The number of hydrogen-bond acceptors (Lipinski definition) is 2. The van der Waals surface area contributed by atoms with E-state index in [0.29, 0.717) is 6.54 Å². The van der Waals surface area contributed by atoms with Crippen molar-refractivity contribution in [2.45, 2.75) is 19.3 Å². The fourth-order valence-corrected chi connectivity index (χ4v) is 1.43. The van der Waals surface area contributed by atoms with Crippen LogP contribution in [0.25, 0.3) is 0 Å². The van der Waals surface area contributed by atoms with Gasteiger partial charge in [-0.05, 0) is 24.6 Å². The van der Waals surface area contributed by atoms with Crippen LogP contribution < -0.4 is 5.32 Å². The lowest BCUT2D eigenvalue weighted by Crippen LogP contribution is -2.15. The van der Waals surface area contributed by atoms with Gasteiger partial charge in [0.15, 0.2) is 0 Å². The van der Waals surface area contributed by atoms with Crippen molar-refractivity contribution in [2.75, 3.05) is 13.6 Å². The highest BCUT2D eigenvalue weighted by Gasteiger charge is 2.08. The first-order valence-corrected chi connectivity index (χ1v) is 4.94. The van der Waals surface area contributed by atoms with E-state index in [1.165, 1.54) is 5.56 Å². The lowest BCUT2D eigenvalue weighted by molar-refractivity contribution is 0.733. The lowest BCUT2D eigenvalue weighted by Gasteiger charge is -2.08. The lowest BCUT2D eigenvalue weighted by atomic mass is 9.99. The number of rotatable bonds is 4. The Morgan fingerprint density at radius 1 is 1.36 bits per heavy atom. The van der Waals surface area contributed by atoms with Crippen molar-refractivity contribution in [3.05, 3.63) is 35.4 Å². The van der Waals surface area contributed by atoms with Gasteiger partial charge < -0.3 is 5.32 Å². The molecule has 0 fully saturated rings. The molecule has 0 heterocycles. The number of nitrogens with zero attached hydrogens (tertiary/aromatic N) is 1. The van der Waals surface area contributed by atoms with Crippen LogP contribution in [0.5, 0.6) is 0 Å². The van der Waals surface area contributed by atoms with Crippen molar-refractivity contribution in [2.24, 2.45) is 0 Å². The van der Waals surface area contributed by atoms with Crippen LogP contribution in [-0.2, 0) is 6.42 Å². The Morgan fingerprint density at radius 2 is 2.00 bits per heavy atom. The molecule has 1 rings (SSSR count). The molecule has 0 aliphatic rings. The van der Waals surface area contributed by atoms with E-state index in [2.05, 4.69) is 30.4 Å². The van der Waals surface area contributed by atoms with Crippen LogP contribution in [0.1, 0.15) is 24.0 Å². The average molecular weight is 188 g/mol. The molecule has 1 unspecified atom stereocenters. The number of aryl methyl sites for hydroxylation is 1. The number of likely N-dealkylation sites (N-methyl/N-ethyl adjacent to an activating group) is 1. The predicted octanol–water partition coefficient (Wildman–Crippen LogP) is 2.08. The Morgan fingerprint density at radius 3 is 2.43 bits per heavy atom. The highest BCUT2D eigenvalue weighted by atomic mass is 14.8. The van der Waals surface area contributed by atoms with Gasteiger partial charge in [0, 0.05) is 6.54 Å². The Hall–Kier alpha value is -1.33. The number of nitriles is 1. The third-order valence-electron chi connectivity index (χ3n) is 2.35. The van der Waals surface area contributed by atoms with Crippen molar-refractivity contribution in [3.8, 4) is 6.07 Å². The third kappa shape index (κ3) is 2.58. The van der Waals surface area contributed by atoms with Crippen molar-refractivity contribution in [1.29, 1.82) is 5.26 Å². The summed E-state index contributed by atoms with van der Waals surface area (Å²) in [4.78, 5) is 0. The third-order valence-corrected chi connectivity index (χ3v) is 2.35. The molecule has 0 aliphatic carbocycles. The van der Waals surface area contributed by atoms with Crippen molar-refractivity contribution in [3.63, 3.8) is 0 Å². The molecule has 0 aromatic heterocycles. The molecule has 0 saturated heterocycles. The van der Waals surface area contributed by atoms with Gasteiger partial charge in [0.25, 0.3) is 0 Å². The van der Waals surface area contributed by atoms with Gasteiger partial charge in [-0.15, -0.1) is 0 Å². The second kappa shape index (κ2) is 5.41. The first kappa shape index (κ1) is 10.7. The summed E-state index contributed by atoms with van der Waals surface area (Å²) in [6.07, 6.45) is 1.05. The van der Waals surface area contributed by atoms with Gasteiger partial charge in [0.05, 0.1) is 12.0 Å². The topological polar surface area (TPSA) is 35.8 Å². The summed E-state index contributed by atoms with van der Waals surface area (Å²) in [7, 11) is 1.87. The van der Waals surface area contributed by atoms with Gasteiger partial charge in [0.1, 0.15) is 0 Å². The summed E-state index contributed by atoms with van der Waals surface area (Å²) in [5, 5.41) is 12.0. The molecule has 2 nitrogen and oxygen atoms in total. The highest BCUT2D eigenvalue weighted by Crippen LogP contribution is 2.15. The molecule has 0 amide bonds. The molecule has 1 N–H and O–H groups in total. The van der Waals surface area contributed by atoms with Crippen LogP contribution >= 0.6 is 0 Å². The van der Waals surface area contributed by atoms with E-state index in [1.54, 1.807) is 0 Å². The van der Waals surface area contributed by atoms with Gasteiger partial charge in [0.2, 0.25) is 0 Å². The molecule has 0 bridgehead atoms. The molecule has 0 saturated carbocycles. The fraction of sp³-hybridized carbons (Fsp3) is 0.417. The minimum absolute atomic E-state index is 0.0362. The zero-order valence-electron chi connectivity index (χ0n) is 8.75. The van der Waals surface area contributed by atoms with Gasteiger partial charge in [-0.2, -0.15) is 5.26 Å². The maximum absolute atomic E-state index is 8.95. The smallest absolute Gasteiger partial charge is 0.0837 e. The minimum Gasteiger partial charge on any atom is -0.318 e. The van der Waals surface area contributed by atoms with Crippen LogP contribution in [0, 0.1) is 11.3 Å². The quantitative estimate of drug-likeness (QED) is 0.785. The summed E-state index contributed by atoms with van der Waals surface area (Å²) in [6, 6.07) is 10.6. The van der Waals surface area contributed by atoms with Crippen LogP contribution in [0.3, 0.4) is 0 Å². The molecular formula is C12H16N2. The highest BCUT2D eigenvalue weighted by molar-refractivity contribution is 5.29. The second-order valence-corrected chi connectivity index (χ2v) is 3.33. The first-order chi connectivity index (χ1) is 6.81.